The number of aryl methyl sites for hydroxylation is 1. The molecule has 1 aliphatic rings. The number of nitrogens with zero attached hydrogens (tertiary/aromatic N) is 4. The number of methoxy groups -OCH3 is 1. The number of aromatic nitrogens is 2. The van der Waals surface area contributed by atoms with Gasteiger partial charge >= 0.3 is 0 Å². The number of ether oxygens (including phenoxy) is 1. The molecule has 1 aromatic heterocycles. The molecule has 0 radical (unpaired) electrons. The van der Waals surface area contributed by atoms with Gasteiger partial charge in [-0.2, -0.15) is 0 Å². The van der Waals surface area contributed by atoms with E-state index in [9.17, 15) is 4.79 Å². The predicted octanol–water partition coefficient (Wildman–Crippen LogP) is 3.63. The van der Waals surface area contributed by atoms with E-state index < -0.39 is 0 Å². The highest BCUT2D eigenvalue weighted by Crippen LogP contribution is 2.21. The highest BCUT2D eigenvalue weighted by atomic mass is 16.5. The van der Waals surface area contributed by atoms with Crippen LogP contribution in [-0.2, 0) is 17.6 Å². The summed E-state index contributed by atoms with van der Waals surface area (Å²) in [5, 5.41) is 0. The Morgan fingerprint density at radius 2 is 1.84 bits per heavy atom. The van der Waals surface area contributed by atoms with Crippen LogP contribution < -0.4 is 9.64 Å². The van der Waals surface area contributed by atoms with Crippen molar-refractivity contribution >= 4 is 11.6 Å². The lowest BCUT2D eigenvalue weighted by atomic mass is 10.0. The fourth-order valence-electron chi connectivity index (χ4n) is 4.27. The highest BCUT2D eigenvalue weighted by Gasteiger charge is 2.26. The molecule has 1 aliphatic heterocycles. The summed E-state index contributed by atoms with van der Waals surface area (Å²) in [5.74, 6) is 1.33. The Balaban J connectivity index is 1.44. The average Bonchev–Trinajstić information content (AvgIpc) is 3.07. The van der Waals surface area contributed by atoms with Gasteiger partial charge in [0.05, 0.1) is 12.8 Å². The van der Waals surface area contributed by atoms with Crippen LogP contribution in [0.1, 0.15) is 17.7 Å². The second kappa shape index (κ2) is 10.8. The van der Waals surface area contributed by atoms with Crippen molar-refractivity contribution in [1.29, 1.82) is 0 Å². The Labute approximate surface area is 189 Å². The Kier molecular flexibility index (Phi) is 7.33. The molecule has 32 heavy (non-hydrogen) atoms. The molecule has 2 aromatic carbocycles. The number of hydrogen-bond donors (Lipinski definition) is 0. The molecule has 0 saturated carbocycles. The normalized spacial score (nSPS) is 16.5. The number of anilines is 1. The van der Waals surface area contributed by atoms with Gasteiger partial charge in [0, 0.05) is 56.9 Å². The first-order valence-electron chi connectivity index (χ1n) is 11.2. The molecule has 2 heterocycles. The lowest BCUT2D eigenvalue weighted by Gasteiger charge is -2.25. The number of para-hydroxylation sites is 1. The van der Waals surface area contributed by atoms with Crippen molar-refractivity contribution in [2.45, 2.75) is 19.3 Å². The maximum atomic E-state index is 13.1. The number of hydrogen-bond acceptors (Lipinski definition) is 5. The average molecular weight is 431 g/mol. The Morgan fingerprint density at radius 3 is 2.56 bits per heavy atom. The van der Waals surface area contributed by atoms with Crippen LogP contribution in [-0.4, -0.2) is 54.1 Å². The van der Waals surface area contributed by atoms with Gasteiger partial charge < -0.3 is 14.5 Å². The van der Waals surface area contributed by atoms with Crippen molar-refractivity contribution in [2.24, 2.45) is 5.92 Å². The summed E-state index contributed by atoms with van der Waals surface area (Å²) in [6.45, 7) is 3.19. The lowest BCUT2D eigenvalue weighted by Crippen LogP contribution is -2.36. The molecule has 0 N–H and O–H groups in total. The van der Waals surface area contributed by atoms with E-state index in [1.54, 1.807) is 19.5 Å². The fraction of sp³-hybridized carbons (Fsp3) is 0.346. The third-order valence-electron chi connectivity index (χ3n) is 5.97. The molecule has 1 fully saturated rings. The van der Waals surface area contributed by atoms with Crippen molar-refractivity contribution in [3.05, 3.63) is 84.4 Å². The molecule has 4 rings (SSSR count). The summed E-state index contributed by atoms with van der Waals surface area (Å²) in [4.78, 5) is 26.2. The van der Waals surface area contributed by atoms with E-state index in [-0.39, 0.29) is 5.91 Å². The van der Waals surface area contributed by atoms with Crippen molar-refractivity contribution < 1.29 is 9.53 Å². The van der Waals surface area contributed by atoms with Gasteiger partial charge in [0.2, 0.25) is 5.91 Å². The molecule has 0 bridgehead atoms. The number of carbonyl (C=O) groups excluding carboxylic acids is 1. The topological polar surface area (TPSA) is 58.6 Å². The van der Waals surface area contributed by atoms with Crippen LogP contribution in [0, 0.1) is 5.92 Å². The summed E-state index contributed by atoms with van der Waals surface area (Å²) in [6, 6.07) is 18.4. The van der Waals surface area contributed by atoms with Gasteiger partial charge in [-0.3, -0.25) is 14.8 Å². The zero-order valence-corrected chi connectivity index (χ0v) is 18.6. The smallest absolute Gasteiger partial charge is 0.222 e. The maximum absolute atomic E-state index is 13.1. The molecule has 1 saturated heterocycles. The minimum absolute atomic E-state index is 0.208. The van der Waals surface area contributed by atoms with Crippen molar-refractivity contribution in [3.8, 4) is 5.75 Å². The van der Waals surface area contributed by atoms with E-state index >= 15 is 0 Å². The minimum atomic E-state index is 0.208. The highest BCUT2D eigenvalue weighted by molar-refractivity contribution is 5.76. The standard InChI is InChI=1S/C26H30N4O2/c1-32-25-10-7-21(8-11-25)9-12-26(31)30-16-15-29(24-5-3-2-4-6-24)19-22(20-30)17-23-18-27-13-14-28-23/h2-8,10-11,13-14,18,22H,9,12,15-17,19-20H2,1H3/t22-/m1/s1. The largest absolute Gasteiger partial charge is 0.497 e. The zero-order valence-electron chi connectivity index (χ0n) is 18.6. The third kappa shape index (κ3) is 5.84. The van der Waals surface area contributed by atoms with Crippen LogP contribution in [0.2, 0.25) is 0 Å². The van der Waals surface area contributed by atoms with Crippen LogP contribution in [0.3, 0.4) is 0 Å². The third-order valence-corrected chi connectivity index (χ3v) is 5.97. The van der Waals surface area contributed by atoms with Crippen LogP contribution in [0.5, 0.6) is 5.75 Å². The Bertz CT molecular complexity index is 980. The van der Waals surface area contributed by atoms with Crippen molar-refractivity contribution in [2.75, 3.05) is 38.2 Å². The van der Waals surface area contributed by atoms with Gasteiger partial charge in [-0.05, 0) is 48.6 Å². The molecule has 6 nitrogen and oxygen atoms in total. The summed E-state index contributed by atoms with van der Waals surface area (Å²) in [6.07, 6.45) is 7.31. The SMILES string of the molecule is COc1ccc(CCC(=O)N2CCN(c3ccccc3)C[C@@H](Cc3cnccn3)C2)cc1. The molecular formula is C26H30N4O2. The number of benzene rings is 2. The number of carbonyl (C=O) groups is 1. The molecule has 0 spiro atoms. The van der Waals surface area contributed by atoms with E-state index in [1.165, 1.54) is 5.69 Å². The first-order chi connectivity index (χ1) is 15.7. The molecule has 166 valence electrons. The van der Waals surface area contributed by atoms with E-state index in [0.717, 1.165) is 56.0 Å². The molecule has 0 unspecified atom stereocenters. The quantitative estimate of drug-likeness (QED) is 0.573. The van der Waals surface area contributed by atoms with E-state index in [2.05, 4.69) is 39.1 Å². The Morgan fingerprint density at radius 1 is 1.03 bits per heavy atom. The van der Waals surface area contributed by atoms with E-state index in [1.807, 2.05) is 41.4 Å². The first kappa shape index (κ1) is 21.8. The molecule has 3 aromatic rings. The zero-order chi connectivity index (χ0) is 22.2. The van der Waals surface area contributed by atoms with Gasteiger partial charge in [0.15, 0.2) is 0 Å². The molecular weight excluding hydrogens is 400 g/mol. The fourth-order valence-corrected chi connectivity index (χ4v) is 4.27. The Hall–Kier alpha value is -3.41. The van der Waals surface area contributed by atoms with Crippen LogP contribution >= 0.6 is 0 Å². The van der Waals surface area contributed by atoms with E-state index in [4.69, 9.17) is 4.74 Å². The second-order valence-electron chi connectivity index (χ2n) is 8.24. The minimum Gasteiger partial charge on any atom is -0.497 e. The predicted molar refractivity (Wildman–Crippen MR) is 126 cm³/mol. The van der Waals surface area contributed by atoms with Gasteiger partial charge in [-0.15, -0.1) is 0 Å². The first-order valence-corrected chi connectivity index (χ1v) is 11.2. The van der Waals surface area contributed by atoms with Crippen molar-refractivity contribution in [1.82, 2.24) is 14.9 Å². The molecule has 1 amide bonds. The monoisotopic (exact) mass is 430 g/mol. The van der Waals surface area contributed by atoms with Gasteiger partial charge in [0.1, 0.15) is 5.75 Å². The van der Waals surface area contributed by atoms with Gasteiger partial charge in [-0.1, -0.05) is 30.3 Å². The maximum Gasteiger partial charge on any atom is 0.222 e. The molecule has 0 aliphatic carbocycles. The van der Waals surface area contributed by atoms with Crippen LogP contribution in [0.25, 0.3) is 0 Å². The summed E-state index contributed by atoms with van der Waals surface area (Å²) < 4.78 is 5.22. The van der Waals surface area contributed by atoms with E-state index in [0.29, 0.717) is 12.3 Å². The summed E-state index contributed by atoms with van der Waals surface area (Å²) in [7, 11) is 1.66. The molecule has 6 heteroatoms. The van der Waals surface area contributed by atoms with Gasteiger partial charge in [0.25, 0.3) is 0 Å². The second-order valence-corrected chi connectivity index (χ2v) is 8.24. The summed E-state index contributed by atoms with van der Waals surface area (Å²) in [5.41, 5.74) is 3.32. The molecule has 1 atom stereocenters. The van der Waals surface area contributed by atoms with Crippen LogP contribution in [0.4, 0.5) is 5.69 Å². The summed E-state index contributed by atoms with van der Waals surface area (Å²) >= 11 is 0. The van der Waals surface area contributed by atoms with Crippen molar-refractivity contribution in [3.63, 3.8) is 0 Å². The lowest BCUT2D eigenvalue weighted by molar-refractivity contribution is -0.131. The number of rotatable bonds is 7. The van der Waals surface area contributed by atoms with Crippen LogP contribution in [0.15, 0.2) is 73.2 Å². The van der Waals surface area contributed by atoms with Gasteiger partial charge in [-0.25, -0.2) is 0 Å². The number of amides is 1.